The van der Waals surface area contributed by atoms with Gasteiger partial charge in [-0.3, -0.25) is 4.79 Å². The van der Waals surface area contributed by atoms with E-state index in [2.05, 4.69) is 15.5 Å². The number of nitrogens with one attached hydrogen (secondary N) is 1. The molecule has 0 saturated heterocycles. The van der Waals surface area contributed by atoms with Gasteiger partial charge in [-0.1, -0.05) is 31.1 Å². The third-order valence-corrected chi connectivity index (χ3v) is 3.60. The summed E-state index contributed by atoms with van der Waals surface area (Å²) in [5.41, 5.74) is 0.823. The van der Waals surface area contributed by atoms with Crippen molar-refractivity contribution in [3.63, 3.8) is 0 Å². The zero-order chi connectivity index (χ0) is 16.2. The Morgan fingerprint density at radius 1 is 1.35 bits per heavy atom. The largest absolute Gasteiger partial charge is 0.482 e. The highest BCUT2D eigenvalue weighted by Crippen LogP contribution is 2.31. The van der Waals surface area contributed by atoms with Gasteiger partial charge in [0.2, 0.25) is 0 Å². The van der Waals surface area contributed by atoms with Crippen LogP contribution in [0.15, 0.2) is 28.8 Å². The number of aromatic nitrogens is 2. The molecular formula is C16H20N4O3. The van der Waals surface area contributed by atoms with Crippen LogP contribution in [-0.4, -0.2) is 35.7 Å². The first kappa shape index (κ1) is 15.3. The number of para-hydroxylation sites is 2. The Labute approximate surface area is 134 Å². The topological polar surface area (TPSA) is 80.5 Å². The summed E-state index contributed by atoms with van der Waals surface area (Å²) in [7, 11) is 0. The molecule has 7 heteroatoms. The van der Waals surface area contributed by atoms with Gasteiger partial charge in [-0.05, 0) is 18.6 Å². The first-order valence-electron chi connectivity index (χ1n) is 7.75. The summed E-state index contributed by atoms with van der Waals surface area (Å²) >= 11 is 0. The van der Waals surface area contributed by atoms with Crippen LogP contribution in [-0.2, 0) is 4.79 Å². The molecule has 1 aliphatic rings. The van der Waals surface area contributed by atoms with E-state index >= 15 is 0 Å². The lowest BCUT2D eigenvalue weighted by Crippen LogP contribution is -2.39. The minimum atomic E-state index is -0.0245. The molecule has 23 heavy (non-hydrogen) atoms. The fourth-order valence-corrected chi connectivity index (χ4v) is 2.37. The van der Waals surface area contributed by atoms with Crippen LogP contribution in [0.25, 0.3) is 0 Å². The second kappa shape index (κ2) is 6.68. The molecule has 2 heterocycles. The summed E-state index contributed by atoms with van der Waals surface area (Å²) in [6, 6.07) is 7.99. The average Bonchev–Trinajstić information content (AvgIpc) is 3.02. The molecule has 1 amide bonds. The van der Waals surface area contributed by atoms with Crippen molar-refractivity contribution >= 4 is 17.6 Å². The average molecular weight is 316 g/mol. The number of fused-ring (bicyclic) bond motifs is 1. The van der Waals surface area contributed by atoms with Crippen LogP contribution in [0.1, 0.15) is 32.0 Å². The molecule has 0 fully saturated rings. The predicted octanol–water partition coefficient (Wildman–Crippen LogP) is 2.42. The molecule has 0 aliphatic carbocycles. The fourth-order valence-electron chi connectivity index (χ4n) is 2.37. The van der Waals surface area contributed by atoms with Crippen LogP contribution in [0.5, 0.6) is 5.75 Å². The van der Waals surface area contributed by atoms with E-state index in [4.69, 9.17) is 9.26 Å². The Morgan fingerprint density at radius 2 is 2.17 bits per heavy atom. The van der Waals surface area contributed by atoms with E-state index in [-0.39, 0.29) is 18.4 Å². The highest BCUT2D eigenvalue weighted by Gasteiger charge is 2.24. The summed E-state index contributed by atoms with van der Waals surface area (Å²) < 4.78 is 10.5. The molecule has 1 aromatic carbocycles. The number of carbonyl (C=O) groups is 1. The van der Waals surface area contributed by atoms with Gasteiger partial charge in [0.05, 0.1) is 5.69 Å². The van der Waals surface area contributed by atoms with Crippen molar-refractivity contribution in [1.82, 2.24) is 10.1 Å². The molecule has 0 radical (unpaired) electrons. The molecule has 0 saturated carbocycles. The van der Waals surface area contributed by atoms with Gasteiger partial charge in [0.15, 0.2) is 12.4 Å². The van der Waals surface area contributed by atoms with E-state index in [1.54, 1.807) is 4.90 Å². The maximum atomic E-state index is 12.0. The van der Waals surface area contributed by atoms with Gasteiger partial charge in [-0.2, -0.15) is 4.98 Å². The van der Waals surface area contributed by atoms with E-state index in [1.807, 2.05) is 38.1 Å². The number of rotatable bonds is 6. The van der Waals surface area contributed by atoms with Crippen molar-refractivity contribution in [3.8, 4) is 5.75 Å². The number of carbonyl (C=O) groups excluding carboxylic acids is 1. The highest BCUT2D eigenvalue weighted by atomic mass is 16.5. The number of hydrogen-bond donors (Lipinski definition) is 1. The standard InChI is InChI=1S/C16H20N4O3/c1-11(2)15-18-16(23-19-15)17-8-5-9-20-12-6-3-4-7-13(12)22-10-14(20)21/h3-4,6-7,11H,5,8-10H2,1-2H3,(H,17,18,19). The Kier molecular flexibility index (Phi) is 4.45. The normalized spacial score (nSPS) is 13.9. The highest BCUT2D eigenvalue weighted by molar-refractivity contribution is 5.97. The first-order chi connectivity index (χ1) is 11.1. The molecule has 122 valence electrons. The maximum absolute atomic E-state index is 12.0. The monoisotopic (exact) mass is 316 g/mol. The molecule has 3 rings (SSSR count). The number of hydrogen-bond acceptors (Lipinski definition) is 6. The molecule has 1 N–H and O–H groups in total. The first-order valence-corrected chi connectivity index (χ1v) is 7.75. The summed E-state index contributed by atoms with van der Waals surface area (Å²) in [6.45, 7) is 5.36. The van der Waals surface area contributed by atoms with Gasteiger partial charge in [-0.25, -0.2) is 0 Å². The lowest BCUT2D eigenvalue weighted by atomic mass is 10.2. The van der Waals surface area contributed by atoms with Gasteiger partial charge in [0.25, 0.3) is 5.91 Å². The Hall–Kier alpha value is -2.57. The molecule has 1 aliphatic heterocycles. The van der Waals surface area contributed by atoms with Crippen LogP contribution in [0.2, 0.25) is 0 Å². The Morgan fingerprint density at radius 3 is 2.96 bits per heavy atom. The van der Waals surface area contributed by atoms with E-state index in [0.29, 0.717) is 24.9 Å². The molecule has 2 aromatic rings. The molecule has 1 aromatic heterocycles. The fraction of sp³-hybridized carbons (Fsp3) is 0.438. The van der Waals surface area contributed by atoms with E-state index < -0.39 is 0 Å². The van der Waals surface area contributed by atoms with Gasteiger partial charge in [0.1, 0.15) is 5.75 Å². The van der Waals surface area contributed by atoms with Crippen LogP contribution in [0.3, 0.4) is 0 Å². The molecule has 7 nitrogen and oxygen atoms in total. The summed E-state index contributed by atoms with van der Waals surface area (Å²) in [6.07, 6.45) is 0.763. The van der Waals surface area contributed by atoms with Crippen molar-refractivity contribution in [2.24, 2.45) is 0 Å². The molecular weight excluding hydrogens is 296 g/mol. The van der Waals surface area contributed by atoms with Gasteiger partial charge in [-0.15, -0.1) is 0 Å². The Bertz CT molecular complexity index is 683. The zero-order valence-corrected chi connectivity index (χ0v) is 13.3. The van der Waals surface area contributed by atoms with Crippen LogP contribution < -0.4 is 15.0 Å². The minimum absolute atomic E-state index is 0.0245. The number of amides is 1. The molecule has 0 spiro atoms. The van der Waals surface area contributed by atoms with Crippen LogP contribution in [0, 0.1) is 0 Å². The lowest BCUT2D eigenvalue weighted by molar-refractivity contribution is -0.121. The van der Waals surface area contributed by atoms with Gasteiger partial charge < -0.3 is 19.5 Å². The number of ether oxygens (including phenoxy) is 1. The summed E-state index contributed by atoms with van der Waals surface area (Å²) in [5, 5.41) is 6.99. The van der Waals surface area contributed by atoms with Crippen LogP contribution in [0.4, 0.5) is 11.7 Å². The number of nitrogens with zero attached hydrogens (tertiary/aromatic N) is 3. The quantitative estimate of drug-likeness (QED) is 0.824. The molecule has 0 atom stereocenters. The van der Waals surface area contributed by atoms with Gasteiger partial charge in [0, 0.05) is 19.0 Å². The second-order valence-corrected chi connectivity index (χ2v) is 5.69. The van der Waals surface area contributed by atoms with Crippen molar-refractivity contribution in [2.45, 2.75) is 26.2 Å². The van der Waals surface area contributed by atoms with Crippen molar-refractivity contribution < 1.29 is 14.1 Å². The zero-order valence-electron chi connectivity index (χ0n) is 13.3. The summed E-state index contributed by atoms with van der Waals surface area (Å²) in [5.74, 6) is 1.64. The number of benzene rings is 1. The van der Waals surface area contributed by atoms with Gasteiger partial charge >= 0.3 is 6.01 Å². The minimum Gasteiger partial charge on any atom is -0.482 e. The second-order valence-electron chi connectivity index (χ2n) is 5.69. The third kappa shape index (κ3) is 3.44. The Balaban J connectivity index is 1.53. The molecule has 0 bridgehead atoms. The maximum Gasteiger partial charge on any atom is 0.321 e. The van der Waals surface area contributed by atoms with E-state index in [9.17, 15) is 4.79 Å². The van der Waals surface area contributed by atoms with E-state index in [0.717, 1.165) is 17.9 Å². The van der Waals surface area contributed by atoms with Crippen molar-refractivity contribution in [2.75, 3.05) is 29.9 Å². The SMILES string of the molecule is CC(C)c1noc(NCCCN2C(=O)COc3ccccc32)n1. The van der Waals surface area contributed by atoms with Crippen molar-refractivity contribution in [3.05, 3.63) is 30.1 Å². The van der Waals surface area contributed by atoms with Crippen molar-refractivity contribution in [1.29, 1.82) is 0 Å². The lowest BCUT2D eigenvalue weighted by Gasteiger charge is -2.29. The smallest absolute Gasteiger partial charge is 0.321 e. The van der Waals surface area contributed by atoms with E-state index in [1.165, 1.54) is 0 Å². The third-order valence-electron chi connectivity index (χ3n) is 3.60. The summed E-state index contributed by atoms with van der Waals surface area (Å²) in [4.78, 5) is 18.1. The number of anilines is 2. The predicted molar refractivity (Wildman–Crippen MR) is 85.8 cm³/mol. The van der Waals surface area contributed by atoms with Crippen LogP contribution >= 0.6 is 0 Å². The molecule has 0 unspecified atom stereocenters.